The number of H-pyrrole nitrogens is 1. The number of nitrogens with one attached hydrogen (secondary N) is 1. The SMILES string of the molecule is O=c1[nH]cnc2c1ncn2[C@H]1O[C@H](COP(=O)(O)O)[C@@H](O)[C@H]1O. The minimum absolute atomic E-state index is 0.0210. The second kappa shape index (κ2) is 5.76. The number of aromatic amines is 1. The van der Waals surface area contributed by atoms with Crippen molar-refractivity contribution in [3.8, 4) is 0 Å². The molecular weight excluding hydrogens is 335 g/mol. The molecule has 13 heteroatoms. The van der Waals surface area contributed by atoms with Gasteiger partial charge < -0.3 is 29.7 Å². The molecule has 0 amide bonds. The highest BCUT2D eigenvalue weighted by molar-refractivity contribution is 7.46. The largest absolute Gasteiger partial charge is 0.469 e. The van der Waals surface area contributed by atoms with Gasteiger partial charge in [-0.3, -0.25) is 13.9 Å². The third-order valence-electron chi connectivity index (χ3n) is 3.38. The van der Waals surface area contributed by atoms with Crippen molar-refractivity contribution in [1.29, 1.82) is 0 Å². The molecule has 0 unspecified atom stereocenters. The molecule has 0 aromatic carbocycles. The molecular formula is C10H13N4O8P. The lowest BCUT2D eigenvalue weighted by Gasteiger charge is -2.16. The number of imidazole rings is 1. The molecule has 2 aromatic heterocycles. The van der Waals surface area contributed by atoms with Gasteiger partial charge in [-0.25, -0.2) is 14.5 Å². The first kappa shape index (κ1) is 16.2. The maximum atomic E-state index is 11.6. The van der Waals surface area contributed by atoms with Crippen molar-refractivity contribution in [3.63, 3.8) is 0 Å². The van der Waals surface area contributed by atoms with E-state index in [1.807, 2.05) is 0 Å². The number of hydrogen-bond acceptors (Lipinski definition) is 8. The maximum absolute atomic E-state index is 11.6. The minimum Gasteiger partial charge on any atom is -0.387 e. The molecule has 3 heterocycles. The lowest BCUT2D eigenvalue weighted by atomic mass is 10.1. The van der Waals surface area contributed by atoms with Crippen LogP contribution in [0.5, 0.6) is 0 Å². The number of nitrogens with zero attached hydrogens (tertiary/aromatic N) is 3. The van der Waals surface area contributed by atoms with Gasteiger partial charge in [-0.15, -0.1) is 0 Å². The second-order valence-corrected chi connectivity index (χ2v) is 6.13. The molecule has 12 nitrogen and oxygen atoms in total. The van der Waals surface area contributed by atoms with Crippen molar-refractivity contribution in [2.75, 3.05) is 6.61 Å². The molecule has 5 N–H and O–H groups in total. The Hall–Kier alpha value is -1.66. The Kier molecular flexibility index (Phi) is 4.06. The third kappa shape index (κ3) is 3.05. The van der Waals surface area contributed by atoms with E-state index in [0.717, 1.165) is 6.33 Å². The topological polar surface area (TPSA) is 180 Å². The molecule has 0 aliphatic carbocycles. The van der Waals surface area contributed by atoms with Crippen LogP contribution in [-0.4, -0.2) is 64.4 Å². The van der Waals surface area contributed by atoms with E-state index in [0.29, 0.717) is 0 Å². The Morgan fingerprint density at radius 1 is 1.35 bits per heavy atom. The van der Waals surface area contributed by atoms with Crippen molar-refractivity contribution in [2.45, 2.75) is 24.5 Å². The zero-order chi connectivity index (χ0) is 16.8. The molecule has 1 saturated heterocycles. The highest BCUT2D eigenvalue weighted by Crippen LogP contribution is 2.38. The van der Waals surface area contributed by atoms with E-state index in [4.69, 9.17) is 14.5 Å². The lowest BCUT2D eigenvalue weighted by molar-refractivity contribution is -0.0504. The summed E-state index contributed by atoms with van der Waals surface area (Å²) in [6.45, 7) is -0.625. The summed E-state index contributed by atoms with van der Waals surface area (Å²) in [4.78, 5) is 39.1. The fourth-order valence-electron chi connectivity index (χ4n) is 2.32. The fourth-order valence-corrected chi connectivity index (χ4v) is 2.66. The van der Waals surface area contributed by atoms with Crippen LogP contribution in [-0.2, 0) is 13.8 Å². The Morgan fingerprint density at radius 2 is 2.09 bits per heavy atom. The third-order valence-corrected chi connectivity index (χ3v) is 3.87. The van der Waals surface area contributed by atoms with Crippen LogP contribution in [0.4, 0.5) is 0 Å². The molecule has 126 valence electrons. The van der Waals surface area contributed by atoms with Crippen molar-refractivity contribution >= 4 is 19.0 Å². The minimum atomic E-state index is -4.74. The molecule has 0 spiro atoms. The van der Waals surface area contributed by atoms with Gasteiger partial charge in [0.1, 0.15) is 18.3 Å². The second-order valence-electron chi connectivity index (χ2n) is 4.89. The monoisotopic (exact) mass is 348 g/mol. The van der Waals surface area contributed by atoms with Crippen LogP contribution in [0.3, 0.4) is 0 Å². The summed E-state index contributed by atoms with van der Waals surface area (Å²) in [5.74, 6) is 0. The number of aliphatic hydroxyl groups is 2. The summed E-state index contributed by atoms with van der Waals surface area (Å²) in [7, 11) is -4.74. The van der Waals surface area contributed by atoms with Gasteiger partial charge in [-0.2, -0.15) is 0 Å². The quantitative estimate of drug-likeness (QED) is 0.382. The molecule has 0 bridgehead atoms. The smallest absolute Gasteiger partial charge is 0.387 e. The van der Waals surface area contributed by atoms with Crippen LogP contribution in [0.15, 0.2) is 17.4 Å². The van der Waals surface area contributed by atoms with Crippen LogP contribution < -0.4 is 5.56 Å². The van der Waals surface area contributed by atoms with Gasteiger partial charge in [0.25, 0.3) is 5.56 Å². The Bertz CT molecular complexity index is 815. The maximum Gasteiger partial charge on any atom is 0.469 e. The Balaban J connectivity index is 1.87. The molecule has 1 aliphatic rings. The van der Waals surface area contributed by atoms with E-state index in [1.54, 1.807) is 0 Å². The van der Waals surface area contributed by atoms with Crippen LogP contribution in [0.25, 0.3) is 11.2 Å². The van der Waals surface area contributed by atoms with E-state index >= 15 is 0 Å². The van der Waals surface area contributed by atoms with Gasteiger partial charge in [0, 0.05) is 0 Å². The molecule has 0 saturated carbocycles. The number of fused-ring (bicyclic) bond motifs is 1. The van der Waals surface area contributed by atoms with Crippen molar-refractivity contribution in [2.24, 2.45) is 0 Å². The first-order valence-corrected chi connectivity index (χ1v) is 7.93. The summed E-state index contributed by atoms with van der Waals surface area (Å²) in [5, 5.41) is 20.0. The Morgan fingerprint density at radius 3 is 2.78 bits per heavy atom. The number of aliphatic hydroxyl groups excluding tert-OH is 2. The van der Waals surface area contributed by atoms with Crippen LogP contribution in [0.1, 0.15) is 6.23 Å². The van der Waals surface area contributed by atoms with Gasteiger partial charge in [0.2, 0.25) is 0 Å². The highest BCUT2D eigenvalue weighted by Gasteiger charge is 2.45. The van der Waals surface area contributed by atoms with Crippen molar-refractivity contribution < 1.29 is 33.8 Å². The molecule has 4 atom stereocenters. The predicted molar refractivity (Wildman–Crippen MR) is 72.1 cm³/mol. The van der Waals surface area contributed by atoms with E-state index in [2.05, 4.69) is 19.5 Å². The van der Waals surface area contributed by atoms with Gasteiger partial charge in [0.15, 0.2) is 17.4 Å². The number of hydrogen-bond donors (Lipinski definition) is 5. The summed E-state index contributed by atoms with van der Waals surface area (Å²) >= 11 is 0. The standard InChI is InChI=1S/C10H13N4O8P/c15-6-4(1-21-23(18,19)20)22-10(7(6)16)14-3-13-5-8(14)11-2-12-9(5)17/h2-4,6-7,10,15-16H,1H2,(H,11,12,17)(H2,18,19,20)/t4-,6-,7-,10+/m1/s1. The number of phosphoric ester groups is 1. The van der Waals surface area contributed by atoms with Gasteiger partial charge in [0.05, 0.1) is 19.3 Å². The summed E-state index contributed by atoms with van der Waals surface area (Å²) < 4.78 is 21.6. The van der Waals surface area contributed by atoms with Crippen molar-refractivity contribution in [3.05, 3.63) is 23.0 Å². The number of rotatable bonds is 4. The van der Waals surface area contributed by atoms with E-state index < -0.39 is 44.5 Å². The van der Waals surface area contributed by atoms with Crippen LogP contribution in [0, 0.1) is 0 Å². The molecule has 2 aromatic rings. The average molecular weight is 348 g/mol. The molecule has 3 rings (SSSR count). The fraction of sp³-hybridized carbons (Fsp3) is 0.500. The zero-order valence-electron chi connectivity index (χ0n) is 11.4. The van der Waals surface area contributed by atoms with E-state index in [9.17, 15) is 19.6 Å². The first-order chi connectivity index (χ1) is 10.8. The summed E-state index contributed by atoms with van der Waals surface area (Å²) in [5.41, 5.74) is -0.336. The van der Waals surface area contributed by atoms with Gasteiger partial charge in [-0.05, 0) is 0 Å². The van der Waals surface area contributed by atoms with Gasteiger partial charge in [-0.1, -0.05) is 0 Å². The van der Waals surface area contributed by atoms with Crippen molar-refractivity contribution in [1.82, 2.24) is 19.5 Å². The molecule has 1 aliphatic heterocycles. The summed E-state index contributed by atoms with van der Waals surface area (Å²) in [6.07, 6.45) is -2.85. The van der Waals surface area contributed by atoms with Crippen LogP contribution in [0.2, 0.25) is 0 Å². The Labute approximate surface area is 127 Å². The van der Waals surface area contributed by atoms with Crippen LogP contribution >= 0.6 is 7.82 Å². The van der Waals surface area contributed by atoms with E-state index in [1.165, 1.54) is 10.9 Å². The van der Waals surface area contributed by atoms with E-state index in [-0.39, 0.29) is 11.2 Å². The van der Waals surface area contributed by atoms with Gasteiger partial charge >= 0.3 is 7.82 Å². The first-order valence-electron chi connectivity index (χ1n) is 6.40. The zero-order valence-corrected chi connectivity index (χ0v) is 12.3. The summed E-state index contributed by atoms with van der Waals surface area (Å²) in [6, 6.07) is 0. The predicted octanol–water partition coefficient (Wildman–Crippen LogP) is -2.15. The number of phosphoric acid groups is 1. The molecule has 0 radical (unpaired) electrons. The average Bonchev–Trinajstić information content (AvgIpc) is 3.01. The lowest BCUT2D eigenvalue weighted by Crippen LogP contribution is -2.33. The number of aromatic nitrogens is 4. The molecule has 1 fully saturated rings. The molecule has 23 heavy (non-hydrogen) atoms. The normalized spacial score (nSPS) is 28.5. The highest BCUT2D eigenvalue weighted by atomic mass is 31.2. The number of ether oxygens (including phenoxy) is 1.